The van der Waals surface area contributed by atoms with Crippen molar-refractivity contribution in [2.45, 2.75) is 27.3 Å². The molecule has 9 heteroatoms. The van der Waals surface area contributed by atoms with Crippen LogP contribution in [0.2, 0.25) is 5.15 Å². The second-order valence-electron chi connectivity index (χ2n) is 6.50. The molecule has 0 radical (unpaired) electrons. The number of anilines is 2. The number of rotatable bonds is 6. The van der Waals surface area contributed by atoms with E-state index in [1.807, 2.05) is 6.92 Å². The highest BCUT2D eigenvalue weighted by molar-refractivity contribution is 6.31. The molecular weight excluding hydrogens is 387 g/mol. The summed E-state index contributed by atoms with van der Waals surface area (Å²) >= 11 is 6.34. The number of aromatic nitrogens is 2. The fourth-order valence-corrected chi connectivity index (χ4v) is 2.73. The van der Waals surface area contributed by atoms with Gasteiger partial charge in [0.1, 0.15) is 11.0 Å². The van der Waals surface area contributed by atoms with Gasteiger partial charge in [0.25, 0.3) is 0 Å². The van der Waals surface area contributed by atoms with Gasteiger partial charge in [-0.25, -0.2) is 9.18 Å². The quantitative estimate of drug-likeness (QED) is 0.690. The number of hydrogen-bond acceptors (Lipinski definition) is 4. The van der Waals surface area contributed by atoms with Crippen molar-refractivity contribution >= 4 is 41.1 Å². The largest absolute Gasteiger partial charge is 0.453 e. The molecule has 0 aliphatic carbocycles. The lowest BCUT2D eigenvalue weighted by Gasteiger charge is -2.08. The molecule has 0 unspecified atom stereocenters. The lowest BCUT2D eigenvalue weighted by atomic mass is 10.2. The van der Waals surface area contributed by atoms with Crippen LogP contribution < -0.4 is 10.6 Å². The Morgan fingerprint density at radius 2 is 2.07 bits per heavy atom. The summed E-state index contributed by atoms with van der Waals surface area (Å²) in [6.07, 6.45) is 2.08. The number of nitrogens with zero attached hydrogens (tertiary/aromatic N) is 2. The highest BCUT2D eigenvalue weighted by atomic mass is 35.5. The first-order chi connectivity index (χ1) is 13.2. The van der Waals surface area contributed by atoms with Crippen LogP contribution in [0.5, 0.6) is 0 Å². The Labute approximate surface area is 167 Å². The van der Waals surface area contributed by atoms with Crippen molar-refractivity contribution in [3.05, 3.63) is 46.5 Å². The summed E-state index contributed by atoms with van der Waals surface area (Å²) in [6.45, 7) is 6.60. The third-order valence-electron chi connectivity index (χ3n) is 3.70. The molecule has 0 spiro atoms. The molecule has 2 N–H and O–H groups in total. The summed E-state index contributed by atoms with van der Waals surface area (Å²) in [5.41, 5.74) is 1.56. The first kappa shape index (κ1) is 21.4. The molecule has 0 saturated carbocycles. The SMILES string of the molecule is COC(=O)Nc1cc(NC(=O)C=Cc2c(C)nn(CC(C)C)c2Cl)ccc1F. The van der Waals surface area contributed by atoms with Gasteiger partial charge >= 0.3 is 6.09 Å². The molecule has 0 saturated heterocycles. The van der Waals surface area contributed by atoms with Crippen molar-refractivity contribution in [2.24, 2.45) is 5.92 Å². The number of halogens is 2. The van der Waals surface area contributed by atoms with Crippen LogP contribution in [-0.2, 0) is 16.1 Å². The molecule has 150 valence electrons. The summed E-state index contributed by atoms with van der Waals surface area (Å²) in [5.74, 6) is -0.718. The number of carbonyl (C=O) groups excluding carboxylic acids is 2. The molecular formula is C19H22ClFN4O3. The van der Waals surface area contributed by atoms with Gasteiger partial charge in [-0.2, -0.15) is 5.10 Å². The van der Waals surface area contributed by atoms with Crippen LogP contribution in [0.1, 0.15) is 25.1 Å². The van der Waals surface area contributed by atoms with E-state index in [2.05, 4.69) is 34.3 Å². The van der Waals surface area contributed by atoms with E-state index in [0.717, 1.165) is 6.07 Å². The average molecular weight is 409 g/mol. The van der Waals surface area contributed by atoms with Crippen LogP contribution in [0.4, 0.5) is 20.6 Å². The maximum atomic E-state index is 13.7. The fourth-order valence-electron chi connectivity index (χ4n) is 2.43. The second kappa shape index (κ2) is 9.36. The number of amides is 2. The predicted molar refractivity (Wildman–Crippen MR) is 107 cm³/mol. The topological polar surface area (TPSA) is 85.2 Å². The van der Waals surface area contributed by atoms with Crippen molar-refractivity contribution in [1.29, 1.82) is 0 Å². The Morgan fingerprint density at radius 3 is 2.71 bits per heavy atom. The van der Waals surface area contributed by atoms with Crippen LogP contribution >= 0.6 is 11.6 Å². The van der Waals surface area contributed by atoms with Crippen LogP contribution in [0, 0.1) is 18.7 Å². The molecule has 1 heterocycles. The Bertz CT molecular complexity index is 909. The Hall–Kier alpha value is -2.87. The number of nitrogens with one attached hydrogen (secondary N) is 2. The van der Waals surface area contributed by atoms with Gasteiger partial charge in [-0.1, -0.05) is 25.4 Å². The molecule has 0 aliphatic heterocycles. The van der Waals surface area contributed by atoms with E-state index in [-0.39, 0.29) is 5.69 Å². The lowest BCUT2D eigenvalue weighted by molar-refractivity contribution is -0.111. The van der Waals surface area contributed by atoms with Crippen LogP contribution in [0.15, 0.2) is 24.3 Å². The molecule has 1 aromatic carbocycles. The van der Waals surface area contributed by atoms with Crippen LogP contribution in [0.25, 0.3) is 6.08 Å². The van der Waals surface area contributed by atoms with E-state index in [1.165, 1.54) is 25.3 Å². The monoisotopic (exact) mass is 408 g/mol. The van der Waals surface area contributed by atoms with Gasteiger partial charge in [0, 0.05) is 23.9 Å². The predicted octanol–water partition coefficient (Wildman–Crippen LogP) is 4.47. The Morgan fingerprint density at radius 1 is 1.36 bits per heavy atom. The number of ether oxygens (including phenoxy) is 1. The molecule has 2 aromatic rings. The summed E-state index contributed by atoms with van der Waals surface area (Å²) < 4.78 is 19.9. The highest BCUT2D eigenvalue weighted by Gasteiger charge is 2.13. The lowest BCUT2D eigenvalue weighted by Crippen LogP contribution is -2.13. The maximum absolute atomic E-state index is 13.7. The molecule has 0 aliphatic rings. The van der Waals surface area contributed by atoms with Crippen LogP contribution in [0.3, 0.4) is 0 Å². The van der Waals surface area contributed by atoms with E-state index < -0.39 is 17.8 Å². The molecule has 0 atom stereocenters. The number of methoxy groups -OCH3 is 1. The van der Waals surface area contributed by atoms with Crippen molar-refractivity contribution in [3.8, 4) is 0 Å². The summed E-state index contributed by atoms with van der Waals surface area (Å²) in [4.78, 5) is 23.4. The zero-order valence-corrected chi connectivity index (χ0v) is 16.8. The van der Waals surface area contributed by atoms with Gasteiger partial charge in [-0.15, -0.1) is 0 Å². The summed E-state index contributed by atoms with van der Waals surface area (Å²) in [5, 5.41) is 9.66. The molecule has 7 nitrogen and oxygen atoms in total. The minimum Gasteiger partial charge on any atom is -0.453 e. The molecule has 0 bridgehead atoms. The molecule has 2 rings (SSSR count). The fraction of sp³-hybridized carbons (Fsp3) is 0.316. The third kappa shape index (κ3) is 5.56. The second-order valence-corrected chi connectivity index (χ2v) is 6.86. The average Bonchev–Trinajstić information content (AvgIpc) is 2.88. The number of hydrogen-bond donors (Lipinski definition) is 2. The summed E-state index contributed by atoms with van der Waals surface area (Å²) in [7, 11) is 1.17. The van der Waals surface area contributed by atoms with Gasteiger partial charge < -0.3 is 10.1 Å². The zero-order chi connectivity index (χ0) is 20.8. The number of carbonyl (C=O) groups is 2. The van der Waals surface area contributed by atoms with Crippen LogP contribution in [-0.4, -0.2) is 28.9 Å². The first-order valence-corrected chi connectivity index (χ1v) is 8.95. The highest BCUT2D eigenvalue weighted by Crippen LogP contribution is 2.23. The minimum atomic E-state index is -0.814. The number of aryl methyl sites for hydroxylation is 1. The zero-order valence-electron chi connectivity index (χ0n) is 16.0. The van der Waals surface area contributed by atoms with Gasteiger partial charge in [-0.05, 0) is 37.1 Å². The Kier molecular flexibility index (Phi) is 7.17. The van der Waals surface area contributed by atoms with E-state index in [4.69, 9.17) is 11.6 Å². The third-order valence-corrected chi connectivity index (χ3v) is 4.10. The Balaban J connectivity index is 2.11. The molecule has 28 heavy (non-hydrogen) atoms. The normalized spacial score (nSPS) is 11.1. The van der Waals surface area contributed by atoms with Gasteiger partial charge in [0.2, 0.25) is 5.91 Å². The van der Waals surface area contributed by atoms with Gasteiger partial charge in [0.15, 0.2) is 0 Å². The smallest absolute Gasteiger partial charge is 0.411 e. The van der Waals surface area contributed by atoms with Gasteiger partial charge in [-0.3, -0.25) is 14.8 Å². The van der Waals surface area contributed by atoms with Crippen molar-refractivity contribution in [1.82, 2.24) is 9.78 Å². The van der Waals surface area contributed by atoms with Crippen molar-refractivity contribution < 1.29 is 18.7 Å². The summed E-state index contributed by atoms with van der Waals surface area (Å²) in [6, 6.07) is 3.79. The number of benzene rings is 1. The van der Waals surface area contributed by atoms with Crippen molar-refractivity contribution in [3.63, 3.8) is 0 Å². The van der Waals surface area contributed by atoms with Gasteiger partial charge in [0.05, 0.1) is 18.5 Å². The molecule has 2 amide bonds. The standard InChI is InChI=1S/C19H22ClFN4O3/c1-11(2)10-25-18(20)14(12(3)24-25)6-8-17(26)22-13-5-7-15(21)16(9-13)23-19(27)28-4/h5-9,11H,10H2,1-4H3,(H,22,26)(H,23,27). The van der Waals surface area contributed by atoms with E-state index >= 15 is 0 Å². The minimum absolute atomic E-state index is 0.109. The van der Waals surface area contributed by atoms with E-state index in [9.17, 15) is 14.0 Å². The van der Waals surface area contributed by atoms with Crippen molar-refractivity contribution in [2.75, 3.05) is 17.7 Å². The van der Waals surface area contributed by atoms with E-state index in [0.29, 0.717) is 34.6 Å². The first-order valence-electron chi connectivity index (χ1n) is 8.57. The molecule has 1 aromatic heterocycles. The van der Waals surface area contributed by atoms with E-state index in [1.54, 1.807) is 10.8 Å². The molecule has 0 fully saturated rings. The maximum Gasteiger partial charge on any atom is 0.411 e.